The van der Waals surface area contributed by atoms with E-state index in [1.165, 1.54) is 44.2 Å². The van der Waals surface area contributed by atoms with Crippen molar-refractivity contribution in [1.82, 2.24) is 0 Å². The van der Waals surface area contributed by atoms with E-state index in [-0.39, 0.29) is 22.7 Å². The number of nitrogens with one attached hydrogen (secondary N) is 1. The van der Waals surface area contributed by atoms with E-state index in [0.717, 1.165) is 4.90 Å². The van der Waals surface area contributed by atoms with Crippen LogP contribution in [-0.2, 0) is 14.3 Å². The Bertz CT molecular complexity index is 854. The maximum atomic E-state index is 12.6. The Kier molecular flexibility index (Phi) is 7.27. The van der Waals surface area contributed by atoms with Crippen molar-refractivity contribution < 1.29 is 23.9 Å². The Labute approximate surface area is 166 Å². The molecular weight excluding hydrogens is 390 g/mol. The summed E-state index contributed by atoms with van der Waals surface area (Å²) in [5, 5.41) is 2.83. The predicted molar refractivity (Wildman–Crippen MR) is 105 cm³/mol. The van der Waals surface area contributed by atoms with E-state index >= 15 is 0 Å². The SMILES string of the molecule is COC(=O)c1ccc(C(=O)OC)c(NC(=O)[C@H](C)Sc2ccc(Cl)cc2)c1. The van der Waals surface area contributed by atoms with Gasteiger partial charge in [0.05, 0.1) is 36.3 Å². The zero-order valence-electron chi connectivity index (χ0n) is 14.9. The summed E-state index contributed by atoms with van der Waals surface area (Å²) in [6.07, 6.45) is 0. The lowest BCUT2D eigenvalue weighted by molar-refractivity contribution is -0.115. The minimum absolute atomic E-state index is 0.141. The van der Waals surface area contributed by atoms with Crippen LogP contribution in [0.1, 0.15) is 27.6 Å². The van der Waals surface area contributed by atoms with Crippen LogP contribution in [-0.4, -0.2) is 37.3 Å². The molecule has 0 saturated heterocycles. The molecule has 0 heterocycles. The highest BCUT2D eigenvalue weighted by Crippen LogP contribution is 2.27. The fraction of sp³-hybridized carbons (Fsp3) is 0.211. The van der Waals surface area contributed by atoms with Crippen LogP contribution in [0.5, 0.6) is 0 Å². The van der Waals surface area contributed by atoms with Crippen molar-refractivity contribution in [2.45, 2.75) is 17.1 Å². The molecule has 0 bridgehead atoms. The van der Waals surface area contributed by atoms with Gasteiger partial charge in [-0.2, -0.15) is 0 Å². The van der Waals surface area contributed by atoms with Crippen LogP contribution in [0.2, 0.25) is 5.02 Å². The zero-order valence-corrected chi connectivity index (χ0v) is 16.5. The van der Waals surface area contributed by atoms with Gasteiger partial charge >= 0.3 is 11.9 Å². The van der Waals surface area contributed by atoms with Crippen LogP contribution < -0.4 is 5.32 Å². The number of methoxy groups -OCH3 is 2. The van der Waals surface area contributed by atoms with E-state index in [1.54, 1.807) is 19.1 Å². The number of carbonyl (C=O) groups is 3. The number of hydrogen-bond donors (Lipinski definition) is 1. The zero-order chi connectivity index (χ0) is 20.0. The number of ether oxygens (including phenoxy) is 2. The highest BCUT2D eigenvalue weighted by Gasteiger charge is 2.20. The first-order valence-corrected chi connectivity index (χ1v) is 9.15. The van der Waals surface area contributed by atoms with Gasteiger partial charge in [0.2, 0.25) is 5.91 Å². The minimum atomic E-state index is -0.625. The number of hydrogen-bond acceptors (Lipinski definition) is 6. The minimum Gasteiger partial charge on any atom is -0.465 e. The van der Waals surface area contributed by atoms with Gasteiger partial charge in [-0.05, 0) is 49.4 Å². The molecule has 0 saturated carbocycles. The maximum Gasteiger partial charge on any atom is 0.339 e. The highest BCUT2D eigenvalue weighted by atomic mass is 35.5. The molecule has 2 aromatic rings. The fourth-order valence-electron chi connectivity index (χ4n) is 2.19. The van der Waals surface area contributed by atoms with Gasteiger partial charge in [-0.25, -0.2) is 9.59 Å². The third-order valence-corrected chi connectivity index (χ3v) is 4.96. The number of halogens is 1. The van der Waals surface area contributed by atoms with Crippen molar-refractivity contribution in [3.8, 4) is 0 Å². The smallest absolute Gasteiger partial charge is 0.339 e. The van der Waals surface area contributed by atoms with E-state index in [4.69, 9.17) is 16.3 Å². The molecule has 0 aliphatic heterocycles. The molecule has 2 aromatic carbocycles. The standard InChI is InChI=1S/C19H18ClNO5S/c1-11(27-14-7-5-13(20)6-8-14)17(22)21-16-10-12(18(23)25-2)4-9-15(16)19(24)26-3/h4-11H,1-3H3,(H,21,22)/t11-/m0/s1. The second-order valence-electron chi connectivity index (χ2n) is 5.45. The summed E-state index contributed by atoms with van der Waals surface area (Å²) in [4.78, 5) is 37.1. The first-order chi connectivity index (χ1) is 12.8. The van der Waals surface area contributed by atoms with E-state index in [9.17, 15) is 14.4 Å². The van der Waals surface area contributed by atoms with E-state index in [0.29, 0.717) is 5.02 Å². The van der Waals surface area contributed by atoms with Crippen LogP contribution in [0.25, 0.3) is 0 Å². The van der Waals surface area contributed by atoms with Crippen LogP contribution in [0.15, 0.2) is 47.4 Å². The summed E-state index contributed by atoms with van der Waals surface area (Å²) in [5.41, 5.74) is 0.527. The van der Waals surface area contributed by atoms with Crippen molar-refractivity contribution >= 4 is 46.9 Å². The quantitative estimate of drug-likeness (QED) is 0.575. The van der Waals surface area contributed by atoms with Gasteiger partial charge in [0.1, 0.15) is 0 Å². The maximum absolute atomic E-state index is 12.6. The number of anilines is 1. The Morgan fingerprint density at radius 2 is 1.63 bits per heavy atom. The summed E-state index contributed by atoms with van der Waals surface area (Å²) in [7, 11) is 2.49. The third-order valence-electron chi connectivity index (χ3n) is 3.60. The number of esters is 2. The average Bonchev–Trinajstić information content (AvgIpc) is 2.68. The molecule has 1 amide bonds. The first-order valence-electron chi connectivity index (χ1n) is 7.89. The van der Waals surface area contributed by atoms with E-state index < -0.39 is 17.2 Å². The number of amides is 1. The van der Waals surface area contributed by atoms with Gasteiger partial charge in [-0.15, -0.1) is 11.8 Å². The molecule has 0 fully saturated rings. The molecule has 0 aliphatic rings. The second kappa shape index (κ2) is 9.43. The monoisotopic (exact) mass is 407 g/mol. The predicted octanol–water partition coefficient (Wildman–Crippen LogP) is 4.03. The molecule has 6 nitrogen and oxygen atoms in total. The van der Waals surface area contributed by atoms with Crippen molar-refractivity contribution in [3.05, 3.63) is 58.6 Å². The molecule has 0 aliphatic carbocycles. The van der Waals surface area contributed by atoms with Crippen molar-refractivity contribution in [3.63, 3.8) is 0 Å². The summed E-state index contributed by atoms with van der Waals surface area (Å²) < 4.78 is 9.40. The molecule has 2 rings (SSSR count). The summed E-state index contributed by atoms with van der Waals surface area (Å²) >= 11 is 7.20. The molecule has 1 atom stereocenters. The lowest BCUT2D eigenvalue weighted by atomic mass is 10.1. The van der Waals surface area contributed by atoms with Crippen LogP contribution in [0.3, 0.4) is 0 Å². The second-order valence-corrected chi connectivity index (χ2v) is 7.30. The van der Waals surface area contributed by atoms with Crippen molar-refractivity contribution in [2.24, 2.45) is 0 Å². The molecule has 0 unspecified atom stereocenters. The van der Waals surface area contributed by atoms with Gasteiger partial charge in [-0.1, -0.05) is 11.6 Å². The summed E-state index contributed by atoms with van der Waals surface area (Å²) in [6.45, 7) is 1.73. The summed E-state index contributed by atoms with van der Waals surface area (Å²) in [6, 6.07) is 11.3. The van der Waals surface area contributed by atoms with Crippen LogP contribution >= 0.6 is 23.4 Å². The van der Waals surface area contributed by atoms with Gasteiger partial charge in [-0.3, -0.25) is 4.79 Å². The molecule has 8 heteroatoms. The third kappa shape index (κ3) is 5.48. The number of rotatable bonds is 6. The van der Waals surface area contributed by atoms with E-state index in [1.807, 2.05) is 12.1 Å². The molecule has 1 N–H and O–H groups in total. The number of carbonyl (C=O) groups excluding carboxylic acids is 3. The lowest BCUT2D eigenvalue weighted by Crippen LogP contribution is -2.24. The molecule has 27 heavy (non-hydrogen) atoms. The Morgan fingerprint density at radius 1 is 1.00 bits per heavy atom. The van der Waals surface area contributed by atoms with Gasteiger partial charge in [0.15, 0.2) is 0 Å². The number of thioether (sulfide) groups is 1. The Morgan fingerprint density at radius 3 is 2.22 bits per heavy atom. The van der Waals surface area contributed by atoms with E-state index in [2.05, 4.69) is 10.1 Å². The van der Waals surface area contributed by atoms with Gasteiger partial charge in [0.25, 0.3) is 0 Å². The Hall–Kier alpha value is -2.51. The highest BCUT2D eigenvalue weighted by molar-refractivity contribution is 8.00. The molecular formula is C19H18ClNO5S. The fourth-order valence-corrected chi connectivity index (χ4v) is 3.18. The largest absolute Gasteiger partial charge is 0.465 e. The normalized spacial score (nSPS) is 11.4. The first kappa shape index (κ1) is 20.8. The van der Waals surface area contributed by atoms with Crippen molar-refractivity contribution in [1.29, 1.82) is 0 Å². The van der Waals surface area contributed by atoms with Gasteiger partial charge < -0.3 is 14.8 Å². The molecule has 0 aromatic heterocycles. The number of benzene rings is 2. The topological polar surface area (TPSA) is 81.7 Å². The Balaban J connectivity index is 2.22. The molecule has 0 spiro atoms. The van der Waals surface area contributed by atoms with Crippen LogP contribution in [0, 0.1) is 0 Å². The van der Waals surface area contributed by atoms with Crippen LogP contribution in [0.4, 0.5) is 5.69 Å². The lowest BCUT2D eigenvalue weighted by Gasteiger charge is -2.15. The summed E-state index contributed by atoms with van der Waals surface area (Å²) in [5.74, 6) is -1.53. The molecule has 142 valence electrons. The average molecular weight is 408 g/mol. The molecule has 0 radical (unpaired) electrons. The van der Waals surface area contributed by atoms with Gasteiger partial charge in [0, 0.05) is 9.92 Å². The van der Waals surface area contributed by atoms with Crippen molar-refractivity contribution in [2.75, 3.05) is 19.5 Å².